The Morgan fingerprint density at radius 2 is 1.93 bits per heavy atom. The van der Waals surface area contributed by atoms with Crippen molar-refractivity contribution < 1.29 is 14.3 Å². The minimum Gasteiger partial charge on any atom is -0.493 e. The van der Waals surface area contributed by atoms with E-state index in [2.05, 4.69) is 32.9 Å². The standard InChI is InChI=1S/C20H23N5O3/c1-4-13-8-10-15(11-9-13)21-20(26)16(19-22-24-25-23-19)12-14-6-5-7-17(27-2)18(14)28-3/h5-11,16H,4,12H2,1-3H3,(H,21,26)(H,22,23,24,25). The van der Waals surface area contributed by atoms with Gasteiger partial charge in [-0.15, -0.1) is 10.2 Å². The lowest BCUT2D eigenvalue weighted by atomic mass is 9.96. The predicted octanol–water partition coefficient (Wildman–Crippen LogP) is 2.74. The van der Waals surface area contributed by atoms with Crippen molar-refractivity contribution in [2.45, 2.75) is 25.7 Å². The Morgan fingerprint density at radius 1 is 1.14 bits per heavy atom. The number of hydrogen-bond donors (Lipinski definition) is 2. The summed E-state index contributed by atoms with van der Waals surface area (Å²) in [4.78, 5) is 13.0. The zero-order valence-electron chi connectivity index (χ0n) is 16.1. The molecule has 1 atom stereocenters. The molecule has 0 saturated heterocycles. The lowest BCUT2D eigenvalue weighted by Crippen LogP contribution is -2.24. The Kier molecular flexibility index (Phi) is 6.21. The second-order valence-electron chi connectivity index (χ2n) is 6.22. The van der Waals surface area contributed by atoms with Gasteiger partial charge in [0.2, 0.25) is 5.91 Å². The van der Waals surface area contributed by atoms with Gasteiger partial charge < -0.3 is 14.8 Å². The molecule has 3 aromatic rings. The highest BCUT2D eigenvalue weighted by molar-refractivity contribution is 5.95. The predicted molar refractivity (Wildman–Crippen MR) is 105 cm³/mol. The summed E-state index contributed by atoms with van der Waals surface area (Å²) in [6.45, 7) is 2.08. The van der Waals surface area contributed by atoms with Crippen molar-refractivity contribution in [2.24, 2.45) is 0 Å². The average Bonchev–Trinajstić information content (AvgIpc) is 3.26. The number of para-hydroxylation sites is 1. The van der Waals surface area contributed by atoms with Crippen LogP contribution in [0.4, 0.5) is 5.69 Å². The molecule has 0 bridgehead atoms. The number of aryl methyl sites for hydroxylation is 1. The molecule has 1 aromatic heterocycles. The summed E-state index contributed by atoms with van der Waals surface area (Å²) in [5.74, 6) is 0.620. The highest BCUT2D eigenvalue weighted by Gasteiger charge is 2.27. The number of amides is 1. The number of methoxy groups -OCH3 is 2. The number of nitrogens with one attached hydrogen (secondary N) is 2. The number of H-pyrrole nitrogens is 1. The molecular weight excluding hydrogens is 358 g/mol. The first-order valence-corrected chi connectivity index (χ1v) is 8.99. The van der Waals surface area contributed by atoms with E-state index in [0.717, 1.165) is 12.0 Å². The van der Waals surface area contributed by atoms with Gasteiger partial charge >= 0.3 is 0 Å². The zero-order chi connectivity index (χ0) is 19.9. The van der Waals surface area contributed by atoms with E-state index in [1.54, 1.807) is 20.3 Å². The normalized spacial score (nSPS) is 11.7. The van der Waals surface area contributed by atoms with Crippen molar-refractivity contribution in [2.75, 3.05) is 19.5 Å². The highest BCUT2D eigenvalue weighted by atomic mass is 16.5. The molecule has 0 aliphatic rings. The molecule has 1 unspecified atom stereocenters. The molecule has 2 N–H and O–H groups in total. The number of hydrogen-bond acceptors (Lipinski definition) is 6. The molecule has 1 amide bonds. The van der Waals surface area contributed by atoms with Crippen molar-refractivity contribution in [3.05, 3.63) is 59.4 Å². The van der Waals surface area contributed by atoms with Gasteiger partial charge in [-0.3, -0.25) is 4.79 Å². The first-order valence-electron chi connectivity index (χ1n) is 8.99. The maximum Gasteiger partial charge on any atom is 0.235 e. The molecule has 0 spiro atoms. The summed E-state index contributed by atoms with van der Waals surface area (Å²) in [5.41, 5.74) is 2.73. The maximum absolute atomic E-state index is 13.0. The van der Waals surface area contributed by atoms with Crippen molar-refractivity contribution in [1.29, 1.82) is 0 Å². The van der Waals surface area contributed by atoms with Gasteiger partial charge in [0.15, 0.2) is 17.3 Å². The van der Waals surface area contributed by atoms with E-state index < -0.39 is 5.92 Å². The van der Waals surface area contributed by atoms with Crippen LogP contribution in [-0.4, -0.2) is 40.8 Å². The van der Waals surface area contributed by atoms with Crippen LogP contribution in [0, 0.1) is 0 Å². The van der Waals surface area contributed by atoms with Gasteiger partial charge in [0.05, 0.1) is 14.2 Å². The number of carbonyl (C=O) groups excluding carboxylic acids is 1. The second-order valence-corrected chi connectivity index (χ2v) is 6.22. The number of aromatic nitrogens is 4. The lowest BCUT2D eigenvalue weighted by Gasteiger charge is -2.17. The van der Waals surface area contributed by atoms with E-state index in [0.29, 0.717) is 29.4 Å². The molecule has 146 valence electrons. The molecule has 3 rings (SSSR count). The van der Waals surface area contributed by atoms with Crippen LogP contribution < -0.4 is 14.8 Å². The van der Waals surface area contributed by atoms with Crippen LogP contribution in [0.15, 0.2) is 42.5 Å². The monoisotopic (exact) mass is 381 g/mol. The van der Waals surface area contributed by atoms with Gasteiger partial charge in [-0.1, -0.05) is 36.4 Å². The number of carbonyl (C=O) groups is 1. The third kappa shape index (κ3) is 4.28. The molecule has 8 nitrogen and oxygen atoms in total. The Bertz CT molecular complexity index is 910. The Hall–Kier alpha value is -3.42. The third-order valence-electron chi connectivity index (χ3n) is 4.53. The summed E-state index contributed by atoms with van der Waals surface area (Å²) in [7, 11) is 3.14. The quantitative estimate of drug-likeness (QED) is 0.622. The molecule has 0 aliphatic heterocycles. The Balaban J connectivity index is 1.87. The SMILES string of the molecule is CCc1ccc(NC(=O)C(Cc2cccc(OC)c2OC)c2nn[nH]n2)cc1. The fourth-order valence-electron chi connectivity index (χ4n) is 3.01. The van der Waals surface area contributed by atoms with Gasteiger partial charge in [0, 0.05) is 5.69 Å². The topological polar surface area (TPSA) is 102 Å². The minimum atomic E-state index is -0.648. The van der Waals surface area contributed by atoms with Crippen molar-refractivity contribution in [3.63, 3.8) is 0 Å². The van der Waals surface area contributed by atoms with E-state index in [9.17, 15) is 4.79 Å². The van der Waals surface area contributed by atoms with E-state index >= 15 is 0 Å². The van der Waals surface area contributed by atoms with Gasteiger partial charge in [-0.25, -0.2) is 0 Å². The summed E-state index contributed by atoms with van der Waals surface area (Å²) >= 11 is 0. The number of aromatic amines is 1. The summed E-state index contributed by atoms with van der Waals surface area (Å²) in [6, 6.07) is 13.3. The minimum absolute atomic E-state index is 0.226. The largest absolute Gasteiger partial charge is 0.493 e. The molecule has 0 fully saturated rings. The second kappa shape index (κ2) is 8.98. The van der Waals surface area contributed by atoms with Crippen LogP contribution in [0.2, 0.25) is 0 Å². The highest BCUT2D eigenvalue weighted by Crippen LogP contribution is 2.34. The fourth-order valence-corrected chi connectivity index (χ4v) is 3.01. The van der Waals surface area contributed by atoms with Crippen molar-refractivity contribution >= 4 is 11.6 Å². The van der Waals surface area contributed by atoms with Gasteiger partial charge in [0.25, 0.3) is 0 Å². The Labute approximate surface area is 163 Å². The molecule has 0 radical (unpaired) electrons. The smallest absolute Gasteiger partial charge is 0.235 e. The van der Waals surface area contributed by atoms with Crippen LogP contribution in [0.25, 0.3) is 0 Å². The first kappa shape index (κ1) is 19.3. The van der Waals surface area contributed by atoms with E-state index in [1.807, 2.05) is 36.4 Å². The van der Waals surface area contributed by atoms with Crippen molar-refractivity contribution in [3.8, 4) is 11.5 Å². The van der Waals surface area contributed by atoms with Crippen LogP contribution in [0.3, 0.4) is 0 Å². The van der Waals surface area contributed by atoms with Gasteiger partial charge in [-0.05, 0) is 42.2 Å². The number of tetrazole rings is 1. The molecule has 0 aliphatic carbocycles. The number of benzene rings is 2. The lowest BCUT2D eigenvalue weighted by molar-refractivity contribution is -0.117. The summed E-state index contributed by atoms with van der Waals surface area (Å²) in [6.07, 6.45) is 1.27. The average molecular weight is 381 g/mol. The molecule has 0 saturated carbocycles. The third-order valence-corrected chi connectivity index (χ3v) is 4.53. The van der Waals surface area contributed by atoms with Crippen LogP contribution >= 0.6 is 0 Å². The van der Waals surface area contributed by atoms with Gasteiger partial charge in [0.1, 0.15) is 5.92 Å². The summed E-state index contributed by atoms with van der Waals surface area (Å²) < 4.78 is 10.8. The number of nitrogens with zero attached hydrogens (tertiary/aromatic N) is 3. The van der Waals surface area contributed by atoms with Gasteiger partial charge in [-0.2, -0.15) is 5.21 Å². The van der Waals surface area contributed by atoms with E-state index in [1.165, 1.54) is 5.56 Å². The van der Waals surface area contributed by atoms with Crippen molar-refractivity contribution in [1.82, 2.24) is 20.6 Å². The maximum atomic E-state index is 13.0. The number of rotatable bonds is 8. The summed E-state index contributed by atoms with van der Waals surface area (Å²) in [5, 5.41) is 17.0. The molecule has 1 heterocycles. The van der Waals surface area contributed by atoms with Crippen LogP contribution in [0.1, 0.15) is 29.8 Å². The molecule has 8 heteroatoms. The Morgan fingerprint density at radius 3 is 2.54 bits per heavy atom. The van der Waals surface area contributed by atoms with E-state index in [-0.39, 0.29) is 5.91 Å². The van der Waals surface area contributed by atoms with E-state index in [4.69, 9.17) is 9.47 Å². The fraction of sp³-hybridized carbons (Fsp3) is 0.300. The number of ether oxygens (including phenoxy) is 2. The molecule has 2 aromatic carbocycles. The molecular formula is C20H23N5O3. The van der Waals surface area contributed by atoms with Crippen LogP contribution in [0.5, 0.6) is 11.5 Å². The first-order chi connectivity index (χ1) is 13.7. The number of anilines is 1. The molecule has 28 heavy (non-hydrogen) atoms. The van der Waals surface area contributed by atoms with Crippen LogP contribution in [-0.2, 0) is 17.6 Å². The zero-order valence-corrected chi connectivity index (χ0v) is 16.1.